The molecule has 6 nitrogen and oxygen atoms in total. The summed E-state index contributed by atoms with van der Waals surface area (Å²) in [4.78, 5) is 12.2. The molecule has 0 spiro atoms. The molecule has 23 heavy (non-hydrogen) atoms. The number of H-pyrrole nitrogens is 1. The molecule has 2 rings (SSSR count). The Bertz CT molecular complexity index is 622. The van der Waals surface area contributed by atoms with Crippen molar-refractivity contribution < 1.29 is 14.6 Å². The van der Waals surface area contributed by atoms with Crippen molar-refractivity contribution in [1.82, 2.24) is 15.5 Å². The number of hydrogen-bond donors (Lipinski definition) is 3. The van der Waals surface area contributed by atoms with Gasteiger partial charge in [0.2, 0.25) is 0 Å². The third-order valence-corrected chi connectivity index (χ3v) is 3.67. The Morgan fingerprint density at radius 3 is 2.74 bits per heavy atom. The van der Waals surface area contributed by atoms with Gasteiger partial charge >= 0.3 is 0 Å². The fourth-order valence-electron chi connectivity index (χ4n) is 2.27. The fourth-order valence-corrected chi connectivity index (χ4v) is 2.27. The first kappa shape index (κ1) is 17.0. The summed E-state index contributed by atoms with van der Waals surface area (Å²) in [6.07, 6.45) is 2.75. The summed E-state index contributed by atoms with van der Waals surface area (Å²) in [7, 11) is 1.61. The number of carbonyl (C=O) groups is 1. The van der Waals surface area contributed by atoms with Crippen LogP contribution in [0, 0.1) is 0 Å². The van der Waals surface area contributed by atoms with Crippen LogP contribution in [0.1, 0.15) is 36.7 Å². The number of benzene rings is 1. The molecule has 0 unspecified atom stereocenters. The highest BCUT2D eigenvalue weighted by Crippen LogP contribution is 2.21. The lowest BCUT2D eigenvalue weighted by Crippen LogP contribution is -2.37. The van der Waals surface area contributed by atoms with Crippen LogP contribution in [0.5, 0.6) is 5.75 Å². The van der Waals surface area contributed by atoms with Gasteiger partial charge in [-0.25, -0.2) is 0 Å². The van der Waals surface area contributed by atoms with Gasteiger partial charge in [0.15, 0.2) is 0 Å². The summed E-state index contributed by atoms with van der Waals surface area (Å²) in [5.41, 5.74) is 1.96. The molecule has 0 saturated heterocycles. The monoisotopic (exact) mass is 317 g/mol. The molecule has 1 atom stereocenters. The Kier molecular flexibility index (Phi) is 6.17. The van der Waals surface area contributed by atoms with E-state index in [0.29, 0.717) is 11.4 Å². The molecule has 1 aromatic heterocycles. The van der Waals surface area contributed by atoms with Gasteiger partial charge in [-0.05, 0) is 36.8 Å². The molecule has 3 N–H and O–H groups in total. The highest BCUT2D eigenvalue weighted by molar-refractivity contribution is 5.93. The van der Waals surface area contributed by atoms with Crippen molar-refractivity contribution in [3.05, 3.63) is 36.0 Å². The number of aliphatic hydroxyl groups is 1. The van der Waals surface area contributed by atoms with Crippen LogP contribution in [0.15, 0.2) is 30.3 Å². The van der Waals surface area contributed by atoms with Crippen molar-refractivity contribution in [3.63, 3.8) is 0 Å². The third-order valence-electron chi connectivity index (χ3n) is 3.67. The van der Waals surface area contributed by atoms with Crippen molar-refractivity contribution in [1.29, 1.82) is 0 Å². The molecule has 0 aliphatic rings. The molecule has 0 bridgehead atoms. The number of methoxy groups -OCH3 is 1. The van der Waals surface area contributed by atoms with Crippen LogP contribution in [0.3, 0.4) is 0 Å². The number of aromatic nitrogens is 2. The van der Waals surface area contributed by atoms with Crippen LogP contribution in [-0.4, -0.2) is 41.0 Å². The molecule has 1 aromatic carbocycles. The lowest BCUT2D eigenvalue weighted by atomic mass is 10.1. The largest absolute Gasteiger partial charge is 0.497 e. The second kappa shape index (κ2) is 8.33. The van der Waals surface area contributed by atoms with Crippen molar-refractivity contribution in [3.8, 4) is 17.0 Å². The van der Waals surface area contributed by atoms with Crippen LogP contribution >= 0.6 is 0 Å². The lowest BCUT2D eigenvalue weighted by molar-refractivity contribution is 0.0907. The van der Waals surface area contributed by atoms with Gasteiger partial charge in [0, 0.05) is 5.56 Å². The molecular weight excluding hydrogens is 294 g/mol. The van der Waals surface area contributed by atoms with Gasteiger partial charge in [-0.1, -0.05) is 19.8 Å². The van der Waals surface area contributed by atoms with Gasteiger partial charge in [0.1, 0.15) is 11.4 Å². The van der Waals surface area contributed by atoms with E-state index in [1.54, 1.807) is 13.2 Å². The molecule has 2 aromatic rings. The summed E-state index contributed by atoms with van der Waals surface area (Å²) in [6, 6.07) is 8.93. The highest BCUT2D eigenvalue weighted by Gasteiger charge is 2.15. The van der Waals surface area contributed by atoms with E-state index in [1.807, 2.05) is 24.3 Å². The number of aliphatic hydroxyl groups excluding tert-OH is 1. The summed E-state index contributed by atoms with van der Waals surface area (Å²) in [5.74, 6) is 0.511. The van der Waals surface area contributed by atoms with E-state index in [9.17, 15) is 9.90 Å². The number of hydrogen-bond acceptors (Lipinski definition) is 4. The van der Waals surface area contributed by atoms with E-state index >= 15 is 0 Å². The van der Waals surface area contributed by atoms with Crippen LogP contribution < -0.4 is 10.1 Å². The zero-order valence-electron chi connectivity index (χ0n) is 13.5. The van der Waals surface area contributed by atoms with E-state index in [4.69, 9.17) is 4.74 Å². The predicted molar refractivity (Wildman–Crippen MR) is 88.4 cm³/mol. The topological polar surface area (TPSA) is 87.2 Å². The summed E-state index contributed by atoms with van der Waals surface area (Å²) >= 11 is 0. The maximum Gasteiger partial charge on any atom is 0.269 e. The molecule has 1 heterocycles. The van der Waals surface area contributed by atoms with E-state index < -0.39 is 0 Å². The molecule has 0 radical (unpaired) electrons. The molecule has 0 fully saturated rings. The normalized spacial score (nSPS) is 12.0. The van der Waals surface area contributed by atoms with E-state index in [2.05, 4.69) is 22.4 Å². The second-order valence-electron chi connectivity index (χ2n) is 5.39. The quantitative estimate of drug-likeness (QED) is 0.697. The molecule has 6 heteroatoms. The third kappa shape index (κ3) is 4.56. The number of nitrogens with one attached hydrogen (secondary N) is 2. The highest BCUT2D eigenvalue weighted by atomic mass is 16.5. The number of nitrogens with zero attached hydrogens (tertiary/aromatic N) is 1. The minimum absolute atomic E-state index is 0.0643. The molecule has 0 aliphatic heterocycles. The van der Waals surface area contributed by atoms with Gasteiger partial charge in [-0.3, -0.25) is 9.89 Å². The molecular formula is C17H23N3O3. The first-order valence-electron chi connectivity index (χ1n) is 7.79. The minimum Gasteiger partial charge on any atom is -0.497 e. The van der Waals surface area contributed by atoms with Crippen LogP contribution in [0.4, 0.5) is 0 Å². The minimum atomic E-state index is -0.257. The molecule has 0 aliphatic carbocycles. The number of amides is 1. The summed E-state index contributed by atoms with van der Waals surface area (Å²) in [6.45, 7) is 2.01. The predicted octanol–water partition coefficient (Wildman–Crippen LogP) is 2.37. The fraction of sp³-hybridized carbons (Fsp3) is 0.412. The molecule has 124 valence electrons. The first-order valence-corrected chi connectivity index (χ1v) is 7.79. The molecule has 0 saturated carbocycles. The number of carbonyl (C=O) groups excluding carboxylic acids is 1. The van der Waals surface area contributed by atoms with Crippen molar-refractivity contribution >= 4 is 5.91 Å². The Hall–Kier alpha value is -2.34. The van der Waals surface area contributed by atoms with Crippen molar-refractivity contribution in [2.75, 3.05) is 13.7 Å². The lowest BCUT2D eigenvalue weighted by Gasteiger charge is -2.14. The van der Waals surface area contributed by atoms with E-state index in [1.165, 1.54) is 0 Å². The van der Waals surface area contributed by atoms with Gasteiger partial charge < -0.3 is 15.2 Å². The second-order valence-corrected chi connectivity index (χ2v) is 5.39. The van der Waals surface area contributed by atoms with Gasteiger partial charge in [0.25, 0.3) is 5.91 Å². The molecule has 1 amide bonds. The number of unbranched alkanes of at least 4 members (excludes halogenated alkanes) is 1. The summed E-state index contributed by atoms with van der Waals surface area (Å²) in [5, 5.41) is 19.1. The first-order chi connectivity index (χ1) is 11.2. The Morgan fingerprint density at radius 1 is 1.39 bits per heavy atom. The van der Waals surface area contributed by atoms with Gasteiger partial charge in [-0.2, -0.15) is 5.10 Å². The average molecular weight is 317 g/mol. The summed E-state index contributed by atoms with van der Waals surface area (Å²) < 4.78 is 5.12. The Balaban J connectivity index is 2.03. The van der Waals surface area contributed by atoms with Crippen LogP contribution in [0.25, 0.3) is 11.3 Å². The maximum absolute atomic E-state index is 12.2. The smallest absolute Gasteiger partial charge is 0.269 e. The maximum atomic E-state index is 12.2. The number of aromatic amines is 1. The van der Waals surface area contributed by atoms with Crippen LogP contribution in [0.2, 0.25) is 0 Å². The van der Waals surface area contributed by atoms with E-state index in [0.717, 1.165) is 30.6 Å². The standard InChI is InChI=1S/C17H23N3O3/c1-3-4-5-13(11-21)18-17(22)16-10-15(19-20-16)12-6-8-14(23-2)9-7-12/h6-10,13,21H,3-5,11H2,1-2H3,(H,18,22)(H,19,20)/t13-/m1/s1. The van der Waals surface area contributed by atoms with Crippen LogP contribution in [-0.2, 0) is 0 Å². The zero-order valence-corrected chi connectivity index (χ0v) is 13.5. The average Bonchev–Trinajstić information content (AvgIpc) is 3.08. The number of rotatable bonds is 8. The van der Waals surface area contributed by atoms with E-state index in [-0.39, 0.29) is 18.6 Å². The SMILES string of the molecule is CCCC[C@H](CO)NC(=O)c1cc(-c2ccc(OC)cc2)n[nH]1. The van der Waals surface area contributed by atoms with Crippen molar-refractivity contribution in [2.45, 2.75) is 32.2 Å². The number of ether oxygens (including phenoxy) is 1. The van der Waals surface area contributed by atoms with Crippen molar-refractivity contribution in [2.24, 2.45) is 0 Å². The van der Waals surface area contributed by atoms with Gasteiger partial charge in [0.05, 0.1) is 25.5 Å². The Labute approximate surface area is 135 Å². The zero-order chi connectivity index (χ0) is 16.7. The van der Waals surface area contributed by atoms with Gasteiger partial charge in [-0.15, -0.1) is 0 Å². The Morgan fingerprint density at radius 2 is 2.13 bits per heavy atom.